The van der Waals surface area contributed by atoms with Gasteiger partial charge < -0.3 is 9.80 Å². The number of hydrogen-bond acceptors (Lipinski definition) is 2. The molecule has 0 aliphatic carbocycles. The number of anilines is 6. The molecule has 0 unspecified atom stereocenters. The van der Waals surface area contributed by atoms with Crippen LogP contribution in [0.2, 0.25) is 0 Å². The highest BCUT2D eigenvalue weighted by atomic mass is 15.1. The van der Waals surface area contributed by atoms with Crippen molar-refractivity contribution in [2.24, 2.45) is 0 Å². The van der Waals surface area contributed by atoms with Crippen LogP contribution in [0.5, 0.6) is 0 Å². The number of nitrogens with zero attached hydrogens (tertiary/aromatic N) is 2. The molecule has 0 spiro atoms. The molecule has 226 valence electrons. The minimum Gasteiger partial charge on any atom is -0.311 e. The van der Waals surface area contributed by atoms with Crippen molar-refractivity contribution in [2.75, 3.05) is 9.80 Å². The predicted molar refractivity (Wildman–Crippen MR) is 201 cm³/mol. The van der Waals surface area contributed by atoms with E-state index in [1.165, 1.54) is 22.3 Å². The Morgan fingerprint density at radius 3 is 1.11 bits per heavy atom. The zero-order valence-corrected chi connectivity index (χ0v) is 26.4. The van der Waals surface area contributed by atoms with Crippen molar-refractivity contribution >= 4 is 46.3 Å². The Hall–Kier alpha value is -6.12. The van der Waals surface area contributed by atoms with Crippen molar-refractivity contribution in [3.8, 4) is 11.1 Å². The van der Waals surface area contributed by atoms with Crippen molar-refractivity contribution < 1.29 is 0 Å². The van der Waals surface area contributed by atoms with E-state index in [4.69, 9.17) is 0 Å². The van der Waals surface area contributed by atoms with E-state index in [0.29, 0.717) is 0 Å². The van der Waals surface area contributed by atoms with Crippen molar-refractivity contribution in [1.29, 1.82) is 0 Å². The molecule has 0 N–H and O–H groups in total. The summed E-state index contributed by atoms with van der Waals surface area (Å²) in [5.41, 5.74) is 12.8. The summed E-state index contributed by atoms with van der Waals surface area (Å²) in [4.78, 5) is 4.58. The Kier molecular flexibility index (Phi) is 8.74. The summed E-state index contributed by atoms with van der Waals surface area (Å²) in [5, 5.41) is 0. The van der Waals surface area contributed by atoms with Gasteiger partial charge in [0, 0.05) is 34.1 Å². The first-order valence-electron chi connectivity index (χ1n) is 16.0. The largest absolute Gasteiger partial charge is 0.311 e. The third kappa shape index (κ3) is 6.93. The van der Waals surface area contributed by atoms with Crippen LogP contribution in [-0.2, 0) is 0 Å². The minimum absolute atomic E-state index is 1.13. The lowest BCUT2D eigenvalue weighted by Gasteiger charge is -2.25. The Bertz CT molecular complexity index is 2010. The predicted octanol–water partition coefficient (Wildman–Crippen LogP) is 12.8. The average molecular weight is 605 g/mol. The van der Waals surface area contributed by atoms with Gasteiger partial charge in [-0.15, -0.1) is 0 Å². The van der Waals surface area contributed by atoms with Crippen LogP contribution >= 0.6 is 0 Å². The monoisotopic (exact) mass is 604 g/mol. The lowest BCUT2D eigenvalue weighted by Crippen LogP contribution is -2.09. The first-order valence-corrected chi connectivity index (χ1v) is 16.0. The van der Waals surface area contributed by atoms with Gasteiger partial charge in [-0.2, -0.15) is 0 Å². The molecule has 0 aliphatic heterocycles. The van der Waals surface area contributed by atoms with Crippen molar-refractivity contribution in [3.63, 3.8) is 0 Å². The second kappa shape index (κ2) is 13.9. The molecule has 0 fully saturated rings. The van der Waals surface area contributed by atoms with E-state index < -0.39 is 0 Å². The molecule has 2 heteroatoms. The van der Waals surface area contributed by atoms with E-state index in [1.54, 1.807) is 0 Å². The topological polar surface area (TPSA) is 6.48 Å². The molecular weight excluding hydrogens is 569 g/mol. The summed E-state index contributed by atoms with van der Waals surface area (Å²) in [6.45, 7) is 2.13. The fourth-order valence-corrected chi connectivity index (χ4v) is 5.91. The standard InChI is InChI=1S/C45H36N2/c1-35-12-11-19-45(34-35)47(42-17-9-4-10-18-42)43-30-24-37(25-31-43)21-20-36-22-26-38(27-23-36)39-28-32-44(33-29-39)46(40-13-5-2-6-14-40)41-15-7-3-8-16-41/h2-34H,1H3/b21-20+. The van der Waals surface area contributed by atoms with Crippen LogP contribution in [0, 0.1) is 6.92 Å². The summed E-state index contributed by atoms with van der Waals surface area (Å²) in [7, 11) is 0. The normalized spacial score (nSPS) is 11.0. The Balaban J connectivity index is 1.07. The molecular formula is C45H36N2. The molecule has 0 heterocycles. The molecule has 0 saturated carbocycles. The van der Waals surface area contributed by atoms with E-state index in [9.17, 15) is 0 Å². The quantitative estimate of drug-likeness (QED) is 0.151. The average Bonchev–Trinajstić information content (AvgIpc) is 3.14. The number of rotatable bonds is 9. The molecule has 0 aromatic heterocycles. The molecule has 0 aliphatic rings. The molecule has 7 rings (SSSR count). The van der Waals surface area contributed by atoms with Gasteiger partial charge in [0.2, 0.25) is 0 Å². The van der Waals surface area contributed by atoms with Crippen molar-refractivity contribution in [3.05, 3.63) is 205 Å². The minimum atomic E-state index is 1.13. The summed E-state index contributed by atoms with van der Waals surface area (Å²) < 4.78 is 0. The third-order valence-corrected chi connectivity index (χ3v) is 8.29. The van der Waals surface area contributed by atoms with Gasteiger partial charge in [0.25, 0.3) is 0 Å². The smallest absolute Gasteiger partial charge is 0.0464 e. The Morgan fingerprint density at radius 1 is 0.319 bits per heavy atom. The number of aryl methyl sites for hydroxylation is 1. The van der Waals surface area contributed by atoms with Gasteiger partial charge in [-0.1, -0.05) is 127 Å². The maximum absolute atomic E-state index is 2.30. The molecule has 7 aromatic rings. The zero-order chi connectivity index (χ0) is 31.8. The maximum Gasteiger partial charge on any atom is 0.0464 e. The number of hydrogen-bond donors (Lipinski definition) is 0. The fourth-order valence-electron chi connectivity index (χ4n) is 5.91. The second-order valence-electron chi connectivity index (χ2n) is 11.6. The second-order valence-corrected chi connectivity index (χ2v) is 11.6. The molecule has 0 saturated heterocycles. The van der Waals surface area contributed by atoms with Gasteiger partial charge in [0.1, 0.15) is 0 Å². The van der Waals surface area contributed by atoms with Gasteiger partial charge in [-0.25, -0.2) is 0 Å². The maximum atomic E-state index is 2.30. The Labute approximate surface area is 278 Å². The summed E-state index contributed by atoms with van der Waals surface area (Å²) in [6.07, 6.45) is 4.35. The molecule has 2 nitrogen and oxygen atoms in total. The van der Waals surface area contributed by atoms with Crippen LogP contribution in [0.25, 0.3) is 23.3 Å². The zero-order valence-electron chi connectivity index (χ0n) is 26.4. The van der Waals surface area contributed by atoms with Gasteiger partial charge in [-0.05, 0) is 108 Å². The summed E-state index contributed by atoms with van der Waals surface area (Å²) in [6, 6.07) is 66.5. The SMILES string of the molecule is Cc1cccc(N(c2ccccc2)c2ccc(/C=C/c3ccc(-c4ccc(N(c5ccccc5)c5ccccc5)cc4)cc3)cc2)c1. The highest BCUT2D eigenvalue weighted by molar-refractivity contribution is 5.80. The van der Waals surface area contributed by atoms with Crippen molar-refractivity contribution in [1.82, 2.24) is 0 Å². The van der Waals surface area contributed by atoms with Crippen LogP contribution in [-0.4, -0.2) is 0 Å². The molecule has 0 atom stereocenters. The third-order valence-electron chi connectivity index (χ3n) is 8.29. The highest BCUT2D eigenvalue weighted by Gasteiger charge is 2.13. The summed E-state index contributed by atoms with van der Waals surface area (Å²) in [5.74, 6) is 0. The van der Waals surface area contributed by atoms with E-state index >= 15 is 0 Å². The van der Waals surface area contributed by atoms with Gasteiger partial charge >= 0.3 is 0 Å². The van der Waals surface area contributed by atoms with Crippen LogP contribution in [0.4, 0.5) is 34.1 Å². The molecule has 7 aromatic carbocycles. The van der Waals surface area contributed by atoms with E-state index in [-0.39, 0.29) is 0 Å². The molecule has 0 bridgehead atoms. The van der Waals surface area contributed by atoms with Crippen LogP contribution < -0.4 is 9.80 Å². The first-order chi connectivity index (χ1) is 23.2. The van der Waals surface area contributed by atoms with E-state index in [2.05, 4.69) is 217 Å². The Morgan fingerprint density at radius 2 is 0.660 bits per heavy atom. The summed E-state index contributed by atoms with van der Waals surface area (Å²) >= 11 is 0. The van der Waals surface area contributed by atoms with Crippen LogP contribution in [0.15, 0.2) is 188 Å². The van der Waals surface area contributed by atoms with Gasteiger partial charge in [-0.3, -0.25) is 0 Å². The van der Waals surface area contributed by atoms with Gasteiger partial charge in [0.05, 0.1) is 0 Å². The van der Waals surface area contributed by atoms with Crippen molar-refractivity contribution in [2.45, 2.75) is 6.92 Å². The van der Waals surface area contributed by atoms with Gasteiger partial charge in [0.15, 0.2) is 0 Å². The number of para-hydroxylation sites is 3. The number of benzene rings is 7. The molecule has 0 amide bonds. The van der Waals surface area contributed by atoms with E-state index in [1.807, 2.05) is 0 Å². The highest BCUT2D eigenvalue weighted by Crippen LogP contribution is 2.36. The molecule has 47 heavy (non-hydrogen) atoms. The first kappa shape index (κ1) is 29.6. The van der Waals surface area contributed by atoms with E-state index in [0.717, 1.165) is 39.7 Å². The van der Waals surface area contributed by atoms with Crippen LogP contribution in [0.3, 0.4) is 0 Å². The van der Waals surface area contributed by atoms with Crippen LogP contribution in [0.1, 0.15) is 16.7 Å². The fraction of sp³-hybridized carbons (Fsp3) is 0.0222. The molecule has 0 radical (unpaired) electrons. The lowest BCUT2D eigenvalue weighted by atomic mass is 10.0. The lowest BCUT2D eigenvalue weighted by molar-refractivity contribution is 1.27.